The van der Waals surface area contributed by atoms with Gasteiger partial charge in [-0.1, -0.05) is 29.8 Å². The Bertz CT molecular complexity index is 511. The van der Waals surface area contributed by atoms with Crippen molar-refractivity contribution in [3.05, 3.63) is 46.7 Å². The lowest BCUT2D eigenvalue weighted by molar-refractivity contribution is 0.299. The summed E-state index contributed by atoms with van der Waals surface area (Å²) in [6, 6.07) is 7.06. The fourth-order valence-electron chi connectivity index (χ4n) is 1.61. The van der Waals surface area contributed by atoms with E-state index in [1.807, 2.05) is 12.1 Å². The van der Waals surface area contributed by atoms with E-state index in [-0.39, 0.29) is 12.4 Å². The fraction of sp³-hybridized carbons (Fsp3) is 0.250. The van der Waals surface area contributed by atoms with Crippen molar-refractivity contribution in [2.45, 2.75) is 13.0 Å². The van der Waals surface area contributed by atoms with Gasteiger partial charge in [-0.2, -0.15) is 5.10 Å². The summed E-state index contributed by atoms with van der Waals surface area (Å²) < 4.78 is 1.60. The Morgan fingerprint density at radius 3 is 2.71 bits per heavy atom. The minimum atomic E-state index is 0.0437. The Labute approximate surface area is 104 Å². The molecular weight excluding hydrogens is 240 g/mol. The molecule has 0 spiro atoms. The van der Waals surface area contributed by atoms with Crippen LogP contribution < -0.4 is 0 Å². The maximum atomic E-state index is 9.65. The van der Waals surface area contributed by atoms with Crippen LogP contribution in [0.15, 0.2) is 30.5 Å². The predicted octanol–water partition coefficient (Wildman–Crippen LogP) is 1.83. The number of aliphatic hydroxyl groups is 1. The number of hydrogen-bond acceptors (Lipinski definition) is 3. The van der Waals surface area contributed by atoms with Crippen molar-refractivity contribution in [1.82, 2.24) is 9.78 Å². The molecule has 1 aromatic carbocycles. The van der Waals surface area contributed by atoms with E-state index in [1.165, 1.54) is 0 Å². The predicted molar refractivity (Wildman–Crippen MR) is 65.2 cm³/mol. The van der Waals surface area contributed by atoms with Gasteiger partial charge in [0.2, 0.25) is 0 Å². The van der Waals surface area contributed by atoms with E-state index in [0.29, 0.717) is 18.1 Å². The average Bonchev–Trinajstić information content (AvgIpc) is 2.65. The molecule has 5 heteroatoms. The highest BCUT2D eigenvalue weighted by Gasteiger charge is 2.09. The Balaban J connectivity index is 2.22. The Morgan fingerprint density at radius 1 is 1.24 bits per heavy atom. The van der Waals surface area contributed by atoms with E-state index in [4.69, 9.17) is 16.7 Å². The SMILES string of the molecule is OCCc1cnn(Cc2ccccc2O)c1Cl. The summed E-state index contributed by atoms with van der Waals surface area (Å²) in [5.41, 5.74) is 1.57. The molecule has 0 aliphatic carbocycles. The normalized spacial score (nSPS) is 10.7. The van der Waals surface area contributed by atoms with Crippen molar-refractivity contribution in [2.75, 3.05) is 6.61 Å². The third kappa shape index (κ3) is 2.60. The van der Waals surface area contributed by atoms with E-state index < -0.39 is 0 Å². The third-order valence-electron chi connectivity index (χ3n) is 2.54. The minimum Gasteiger partial charge on any atom is -0.508 e. The number of phenolic OH excluding ortho intramolecular Hbond substituents is 1. The van der Waals surface area contributed by atoms with Gasteiger partial charge >= 0.3 is 0 Å². The summed E-state index contributed by atoms with van der Waals surface area (Å²) >= 11 is 6.11. The second kappa shape index (κ2) is 5.21. The van der Waals surface area contributed by atoms with Crippen molar-refractivity contribution in [2.24, 2.45) is 0 Å². The zero-order valence-corrected chi connectivity index (χ0v) is 9.93. The number of aromatic hydroxyl groups is 1. The molecule has 2 N–H and O–H groups in total. The van der Waals surface area contributed by atoms with Crippen molar-refractivity contribution in [1.29, 1.82) is 0 Å². The Kier molecular flexibility index (Phi) is 3.66. The highest BCUT2D eigenvalue weighted by molar-refractivity contribution is 6.30. The molecule has 90 valence electrons. The second-order valence-corrected chi connectivity index (χ2v) is 4.08. The molecular formula is C12H13ClN2O2. The fourth-order valence-corrected chi connectivity index (χ4v) is 1.86. The first kappa shape index (κ1) is 12.0. The zero-order chi connectivity index (χ0) is 12.3. The van der Waals surface area contributed by atoms with Gasteiger partial charge in [-0.3, -0.25) is 0 Å². The van der Waals surface area contributed by atoms with Crippen molar-refractivity contribution < 1.29 is 10.2 Å². The van der Waals surface area contributed by atoms with Crippen LogP contribution in [0.1, 0.15) is 11.1 Å². The number of halogens is 1. The number of nitrogens with zero attached hydrogens (tertiary/aromatic N) is 2. The van der Waals surface area contributed by atoms with E-state index in [2.05, 4.69) is 5.10 Å². The number of hydrogen-bond donors (Lipinski definition) is 2. The first-order valence-electron chi connectivity index (χ1n) is 5.30. The molecule has 0 radical (unpaired) electrons. The van der Waals surface area contributed by atoms with Gasteiger partial charge < -0.3 is 10.2 Å². The van der Waals surface area contributed by atoms with Gasteiger partial charge in [0.1, 0.15) is 10.9 Å². The highest BCUT2D eigenvalue weighted by Crippen LogP contribution is 2.21. The van der Waals surface area contributed by atoms with Crippen molar-refractivity contribution >= 4 is 11.6 Å². The van der Waals surface area contributed by atoms with Gasteiger partial charge in [-0.15, -0.1) is 0 Å². The second-order valence-electron chi connectivity index (χ2n) is 3.72. The van der Waals surface area contributed by atoms with Gasteiger partial charge in [0, 0.05) is 24.2 Å². The minimum absolute atomic E-state index is 0.0437. The molecule has 0 aliphatic rings. The molecule has 0 unspecified atom stereocenters. The summed E-state index contributed by atoms with van der Waals surface area (Å²) in [7, 11) is 0. The van der Waals surface area contributed by atoms with Crippen LogP contribution in [0.25, 0.3) is 0 Å². The van der Waals surface area contributed by atoms with E-state index in [1.54, 1.807) is 23.0 Å². The topological polar surface area (TPSA) is 58.3 Å². The smallest absolute Gasteiger partial charge is 0.130 e. The monoisotopic (exact) mass is 252 g/mol. The number of aromatic nitrogens is 2. The number of aliphatic hydroxyl groups excluding tert-OH is 1. The maximum absolute atomic E-state index is 9.65. The van der Waals surface area contributed by atoms with Gasteiger partial charge in [0.25, 0.3) is 0 Å². The molecule has 0 saturated heterocycles. The van der Waals surface area contributed by atoms with Crippen LogP contribution in [0, 0.1) is 0 Å². The molecule has 0 aliphatic heterocycles. The molecule has 17 heavy (non-hydrogen) atoms. The standard InChI is InChI=1S/C12H13ClN2O2/c13-12-9(5-6-16)7-14-15(12)8-10-3-1-2-4-11(10)17/h1-4,7,16-17H,5-6,8H2. The van der Waals surface area contributed by atoms with Crippen LogP contribution in [0.3, 0.4) is 0 Å². The molecule has 0 atom stereocenters. The molecule has 2 rings (SSSR count). The molecule has 0 amide bonds. The van der Waals surface area contributed by atoms with E-state index in [0.717, 1.165) is 11.1 Å². The molecule has 0 bridgehead atoms. The third-order valence-corrected chi connectivity index (χ3v) is 2.98. The zero-order valence-electron chi connectivity index (χ0n) is 9.17. The summed E-state index contributed by atoms with van der Waals surface area (Å²) in [6.07, 6.45) is 2.12. The highest BCUT2D eigenvalue weighted by atomic mass is 35.5. The van der Waals surface area contributed by atoms with Crippen molar-refractivity contribution in [3.8, 4) is 5.75 Å². The molecule has 0 fully saturated rings. The number of benzene rings is 1. The van der Waals surface area contributed by atoms with Crippen LogP contribution in [-0.4, -0.2) is 26.6 Å². The van der Waals surface area contributed by atoms with Crippen molar-refractivity contribution in [3.63, 3.8) is 0 Å². The van der Waals surface area contributed by atoms with Crippen LogP contribution in [0.4, 0.5) is 0 Å². The maximum Gasteiger partial charge on any atom is 0.130 e. The van der Waals surface area contributed by atoms with E-state index in [9.17, 15) is 5.11 Å². The first-order chi connectivity index (χ1) is 8.22. The van der Waals surface area contributed by atoms with Crippen LogP contribution in [0.2, 0.25) is 5.15 Å². The lowest BCUT2D eigenvalue weighted by Gasteiger charge is -2.06. The number of para-hydroxylation sites is 1. The largest absolute Gasteiger partial charge is 0.508 e. The lowest BCUT2D eigenvalue weighted by Crippen LogP contribution is -2.02. The molecule has 0 saturated carbocycles. The van der Waals surface area contributed by atoms with Gasteiger partial charge in [0.15, 0.2) is 0 Å². The van der Waals surface area contributed by atoms with Crippen LogP contribution in [-0.2, 0) is 13.0 Å². The number of rotatable bonds is 4. The first-order valence-corrected chi connectivity index (χ1v) is 5.68. The summed E-state index contributed by atoms with van der Waals surface area (Å²) in [6.45, 7) is 0.457. The van der Waals surface area contributed by atoms with E-state index >= 15 is 0 Å². The molecule has 4 nitrogen and oxygen atoms in total. The van der Waals surface area contributed by atoms with Gasteiger partial charge in [-0.25, -0.2) is 4.68 Å². The molecule has 1 heterocycles. The quantitative estimate of drug-likeness (QED) is 0.873. The van der Waals surface area contributed by atoms with Crippen LogP contribution >= 0.6 is 11.6 Å². The lowest BCUT2D eigenvalue weighted by atomic mass is 10.2. The summed E-state index contributed by atoms with van der Waals surface area (Å²) in [4.78, 5) is 0. The van der Waals surface area contributed by atoms with Crippen LogP contribution in [0.5, 0.6) is 5.75 Å². The number of phenols is 1. The van der Waals surface area contributed by atoms with Gasteiger partial charge in [-0.05, 0) is 6.07 Å². The van der Waals surface area contributed by atoms with Gasteiger partial charge in [0.05, 0.1) is 12.7 Å². The molecule has 2 aromatic rings. The summed E-state index contributed by atoms with van der Waals surface area (Å²) in [5, 5.41) is 23.1. The molecule has 1 aromatic heterocycles. The Morgan fingerprint density at radius 2 is 2.00 bits per heavy atom. The summed E-state index contributed by atoms with van der Waals surface area (Å²) in [5.74, 6) is 0.225. The Hall–Kier alpha value is -1.52. The average molecular weight is 253 g/mol.